The molecule has 0 aromatic heterocycles. The second kappa shape index (κ2) is 4.01. The largest absolute Gasteiger partial charge is 0.355 e. The van der Waals surface area contributed by atoms with Crippen LogP contribution in [0.3, 0.4) is 0 Å². The number of nitrogens with one attached hydrogen (secondary N) is 1. The van der Waals surface area contributed by atoms with Crippen LogP contribution in [0.25, 0.3) is 0 Å². The zero-order chi connectivity index (χ0) is 11.7. The van der Waals surface area contributed by atoms with E-state index >= 15 is 0 Å². The number of hydrogen-bond acceptors (Lipinski definition) is 3. The molecular formula is C14H12N2O. The number of hydrogen-bond donors (Lipinski definition) is 1. The zero-order valence-corrected chi connectivity index (χ0v) is 9.31. The number of fused-ring (bicyclic) bond motifs is 2. The van der Waals surface area contributed by atoms with Crippen molar-refractivity contribution in [2.45, 2.75) is 12.8 Å². The minimum Gasteiger partial charge on any atom is -0.355 e. The summed E-state index contributed by atoms with van der Waals surface area (Å²) in [5.41, 5.74) is 5.12. The summed E-state index contributed by atoms with van der Waals surface area (Å²) in [6, 6.07) is 13.8. The molecule has 3 rings (SSSR count). The molecule has 84 valence electrons. The van der Waals surface area contributed by atoms with Gasteiger partial charge in [-0.05, 0) is 47.3 Å². The normalized spacial score (nSPS) is 12.9. The predicted octanol–water partition coefficient (Wildman–Crippen LogP) is 3.93. The molecule has 1 aliphatic heterocycles. The Morgan fingerprint density at radius 3 is 2.53 bits per heavy atom. The molecule has 0 aliphatic carbocycles. The highest BCUT2D eigenvalue weighted by Crippen LogP contribution is 2.32. The molecule has 0 radical (unpaired) electrons. The molecule has 1 aliphatic rings. The second-order valence-corrected chi connectivity index (χ2v) is 4.21. The maximum absolute atomic E-state index is 10.5. The van der Waals surface area contributed by atoms with E-state index in [1.54, 1.807) is 6.07 Å². The summed E-state index contributed by atoms with van der Waals surface area (Å²) in [5.74, 6) is 0. The van der Waals surface area contributed by atoms with E-state index in [2.05, 4.69) is 28.7 Å². The monoisotopic (exact) mass is 224 g/mol. The van der Waals surface area contributed by atoms with Crippen molar-refractivity contribution in [3.8, 4) is 0 Å². The summed E-state index contributed by atoms with van der Waals surface area (Å²) in [5, 5.41) is 6.35. The topological polar surface area (TPSA) is 41.5 Å². The molecule has 0 bridgehead atoms. The van der Waals surface area contributed by atoms with Crippen LogP contribution < -0.4 is 5.32 Å². The van der Waals surface area contributed by atoms with E-state index in [-0.39, 0.29) is 0 Å². The van der Waals surface area contributed by atoms with Gasteiger partial charge in [0.15, 0.2) is 0 Å². The standard InChI is InChI=1S/C14H12N2O/c17-16-12-8-7-11-6-5-10-3-1-2-4-13(10)15-14(11)9-12/h1-4,7-9,15H,5-6H2. The molecule has 0 saturated heterocycles. The van der Waals surface area contributed by atoms with Gasteiger partial charge in [0.2, 0.25) is 0 Å². The van der Waals surface area contributed by atoms with Crippen molar-refractivity contribution in [1.29, 1.82) is 0 Å². The van der Waals surface area contributed by atoms with Crippen molar-refractivity contribution in [3.05, 3.63) is 58.5 Å². The molecule has 0 saturated carbocycles. The Bertz CT molecular complexity index is 578. The Balaban J connectivity index is 2.08. The first-order valence-corrected chi connectivity index (χ1v) is 5.68. The van der Waals surface area contributed by atoms with E-state index in [0.717, 1.165) is 24.2 Å². The van der Waals surface area contributed by atoms with E-state index in [9.17, 15) is 4.91 Å². The van der Waals surface area contributed by atoms with Gasteiger partial charge in [-0.15, -0.1) is 4.91 Å². The highest BCUT2D eigenvalue weighted by molar-refractivity contribution is 5.70. The molecule has 2 aromatic carbocycles. The molecule has 3 heteroatoms. The quantitative estimate of drug-likeness (QED) is 0.746. The molecule has 0 amide bonds. The number of aryl methyl sites for hydroxylation is 2. The van der Waals surface area contributed by atoms with Gasteiger partial charge in [-0.1, -0.05) is 24.3 Å². The Morgan fingerprint density at radius 2 is 1.71 bits per heavy atom. The fraction of sp³-hybridized carbons (Fsp3) is 0.143. The van der Waals surface area contributed by atoms with Crippen molar-refractivity contribution in [3.63, 3.8) is 0 Å². The molecule has 1 heterocycles. The maximum Gasteiger partial charge on any atom is 0.110 e. The lowest BCUT2D eigenvalue weighted by Gasteiger charge is -2.09. The summed E-state index contributed by atoms with van der Waals surface area (Å²) in [7, 11) is 0. The van der Waals surface area contributed by atoms with Crippen molar-refractivity contribution in [1.82, 2.24) is 0 Å². The lowest BCUT2D eigenvalue weighted by atomic mass is 10.0. The third kappa shape index (κ3) is 1.80. The van der Waals surface area contributed by atoms with Gasteiger partial charge in [-0.25, -0.2) is 0 Å². The maximum atomic E-state index is 10.5. The van der Waals surface area contributed by atoms with Crippen LogP contribution in [0.5, 0.6) is 0 Å². The van der Waals surface area contributed by atoms with Gasteiger partial charge in [0, 0.05) is 11.4 Å². The van der Waals surface area contributed by atoms with Gasteiger partial charge >= 0.3 is 0 Å². The Morgan fingerprint density at radius 1 is 0.941 bits per heavy atom. The zero-order valence-electron chi connectivity index (χ0n) is 9.31. The fourth-order valence-electron chi connectivity index (χ4n) is 2.23. The average molecular weight is 224 g/mol. The molecule has 2 aromatic rings. The van der Waals surface area contributed by atoms with Gasteiger partial charge in [0.05, 0.1) is 0 Å². The van der Waals surface area contributed by atoms with Crippen molar-refractivity contribution >= 4 is 17.1 Å². The first-order chi connectivity index (χ1) is 8.36. The molecule has 1 N–H and O–H groups in total. The van der Waals surface area contributed by atoms with Gasteiger partial charge in [-0.2, -0.15) is 0 Å². The second-order valence-electron chi connectivity index (χ2n) is 4.21. The molecule has 0 spiro atoms. The highest BCUT2D eigenvalue weighted by Gasteiger charge is 2.12. The lowest BCUT2D eigenvalue weighted by molar-refractivity contribution is 0.977. The van der Waals surface area contributed by atoms with E-state index < -0.39 is 0 Å². The van der Waals surface area contributed by atoms with Crippen LogP contribution in [-0.2, 0) is 12.8 Å². The molecule has 0 unspecified atom stereocenters. The SMILES string of the molecule is O=Nc1ccc2c(c1)Nc1ccccc1CC2. The van der Waals surface area contributed by atoms with E-state index in [1.165, 1.54) is 11.1 Å². The fourth-order valence-corrected chi connectivity index (χ4v) is 2.23. The highest BCUT2D eigenvalue weighted by atomic mass is 16.3. The number of rotatable bonds is 1. The Hall–Kier alpha value is -2.16. The minimum absolute atomic E-state index is 0.468. The summed E-state index contributed by atoms with van der Waals surface area (Å²) in [6.07, 6.45) is 2.00. The number of benzene rings is 2. The van der Waals surface area contributed by atoms with E-state index in [1.807, 2.05) is 18.2 Å². The first-order valence-electron chi connectivity index (χ1n) is 5.68. The van der Waals surface area contributed by atoms with Gasteiger partial charge in [0.1, 0.15) is 5.69 Å². The third-order valence-corrected chi connectivity index (χ3v) is 3.15. The van der Waals surface area contributed by atoms with Gasteiger partial charge < -0.3 is 5.32 Å². The van der Waals surface area contributed by atoms with E-state index in [4.69, 9.17) is 0 Å². The smallest absolute Gasteiger partial charge is 0.110 e. The number of nitroso groups, excluding NO2 is 1. The third-order valence-electron chi connectivity index (χ3n) is 3.15. The summed E-state index contributed by atoms with van der Waals surface area (Å²) in [4.78, 5) is 10.5. The van der Waals surface area contributed by atoms with Crippen molar-refractivity contribution in [2.75, 3.05) is 5.32 Å². The number of nitrogens with zero attached hydrogens (tertiary/aromatic N) is 1. The van der Waals surface area contributed by atoms with Crippen LogP contribution in [0.15, 0.2) is 47.6 Å². The molecular weight excluding hydrogens is 212 g/mol. The van der Waals surface area contributed by atoms with E-state index in [0.29, 0.717) is 5.69 Å². The number of anilines is 2. The van der Waals surface area contributed by atoms with Crippen LogP contribution in [0, 0.1) is 4.91 Å². The Kier molecular flexibility index (Phi) is 2.37. The summed E-state index contributed by atoms with van der Waals surface area (Å²) in [6.45, 7) is 0. The van der Waals surface area contributed by atoms with Gasteiger partial charge in [0.25, 0.3) is 0 Å². The summed E-state index contributed by atoms with van der Waals surface area (Å²) < 4.78 is 0. The minimum atomic E-state index is 0.468. The van der Waals surface area contributed by atoms with Crippen LogP contribution in [-0.4, -0.2) is 0 Å². The lowest BCUT2D eigenvalue weighted by Crippen LogP contribution is -1.92. The molecule has 3 nitrogen and oxygen atoms in total. The molecule has 0 fully saturated rings. The van der Waals surface area contributed by atoms with Crippen LogP contribution >= 0.6 is 0 Å². The van der Waals surface area contributed by atoms with Crippen molar-refractivity contribution in [2.24, 2.45) is 5.18 Å². The van der Waals surface area contributed by atoms with Crippen molar-refractivity contribution < 1.29 is 0 Å². The van der Waals surface area contributed by atoms with Crippen LogP contribution in [0.4, 0.5) is 17.1 Å². The predicted molar refractivity (Wildman–Crippen MR) is 69.0 cm³/mol. The first kappa shape index (κ1) is 10.0. The summed E-state index contributed by atoms with van der Waals surface area (Å²) >= 11 is 0. The molecule has 17 heavy (non-hydrogen) atoms. The molecule has 0 atom stereocenters. The Labute approximate surface area is 99.5 Å². The van der Waals surface area contributed by atoms with Crippen LogP contribution in [0.2, 0.25) is 0 Å². The average Bonchev–Trinajstić information content (AvgIpc) is 2.56. The number of para-hydroxylation sites is 1. The van der Waals surface area contributed by atoms with Crippen LogP contribution in [0.1, 0.15) is 11.1 Å². The van der Waals surface area contributed by atoms with Gasteiger partial charge in [-0.3, -0.25) is 0 Å².